The molecular formula is C109H84Br3N3. The Balaban J connectivity index is 0.000000124. The first-order valence-corrected chi connectivity index (χ1v) is 41.4. The van der Waals surface area contributed by atoms with Gasteiger partial charge in [-0.25, -0.2) is 0 Å². The van der Waals surface area contributed by atoms with E-state index < -0.39 is 6.04 Å². The van der Waals surface area contributed by atoms with Crippen LogP contribution < -0.4 is 14.7 Å². The topological polar surface area (TPSA) is 9.72 Å². The van der Waals surface area contributed by atoms with Crippen molar-refractivity contribution < 1.29 is 6.85 Å². The van der Waals surface area contributed by atoms with E-state index in [1.807, 2.05) is 103 Å². The van der Waals surface area contributed by atoms with Gasteiger partial charge in [0.15, 0.2) is 0 Å². The molecule has 3 aliphatic carbocycles. The molecule has 0 spiro atoms. The molecule has 0 atom stereocenters. The molecule has 0 amide bonds. The summed E-state index contributed by atoms with van der Waals surface area (Å²) in [6, 6.07) is 130. The second-order valence-corrected chi connectivity index (χ2v) is 34.0. The van der Waals surface area contributed by atoms with E-state index in [4.69, 9.17) is 6.85 Å². The van der Waals surface area contributed by atoms with Crippen LogP contribution in [0, 0.1) is 0 Å². The molecule has 6 heteroatoms. The molecule has 0 radical (unpaired) electrons. The largest absolute Gasteiger partial charge is 0.310 e. The standard InChI is InChI=1S/C42H34BrN.C37H28BrN.C30H22BrN/c1-41(2)37-11-7-5-9-33(37)35-23-21-31(25-39(35)41)44(30-19-15-28(16-20-30)27-13-17-29(43)18-14-27)32-22-24-36-34-10-6-8-12-38(34)42(3,4)40(36)26-32;1-37(2)35-10-6-5-9-33(35)34-22-21-32(24-36(34)37)39(31-20-15-25-7-3-4-8-28(25)23-31)30-18-13-27(14-19-30)26-11-16-29(38)17-12-26;31-27-13-7-11-25(21-27)26-12-8-16-30(22-26)32(28-14-5-2-6-15-28)29-19-17-24(18-20-29)23-9-3-1-4-10-23/h5-26H,1-4H3;3-24H,1-2H3;1-22H/i;;2D,5D,6D,14D,15D. The average Bonchev–Trinajstić information content (AvgIpc) is 1.59. The van der Waals surface area contributed by atoms with Crippen LogP contribution in [0.3, 0.4) is 0 Å². The lowest BCUT2D eigenvalue weighted by Crippen LogP contribution is -2.18. The van der Waals surface area contributed by atoms with Crippen molar-refractivity contribution in [3.63, 3.8) is 0 Å². The lowest BCUT2D eigenvalue weighted by molar-refractivity contribution is 0.660. The summed E-state index contributed by atoms with van der Waals surface area (Å²) in [6.07, 6.45) is 0. The van der Waals surface area contributed by atoms with Gasteiger partial charge in [0.2, 0.25) is 0 Å². The normalized spacial score (nSPS) is 13.7. The highest BCUT2D eigenvalue weighted by Crippen LogP contribution is 2.55. The molecule has 17 aromatic rings. The Morgan fingerprint density at radius 3 is 0.930 bits per heavy atom. The van der Waals surface area contributed by atoms with E-state index in [9.17, 15) is 0 Å². The van der Waals surface area contributed by atoms with Crippen LogP contribution in [-0.2, 0) is 16.2 Å². The van der Waals surface area contributed by atoms with Crippen molar-refractivity contribution in [2.24, 2.45) is 0 Å². The highest BCUT2D eigenvalue weighted by molar-refractivity contribution is 9.11. The zero-order chi connectivity index (χ0) is 82.9. The Morgan fingerprint density at radius 1 is 0.200 bits per heavy atom. The monoisotopic (exact) mass is 1680 g/mol. The number of benzene rings is 17. The van der Waals surface area contributed by atoms with Gasteiger partial charge in [0.05, 0.1) is 6.85 Å². The second kappa shape index (κ2) is 31.0. The van der Waals surface area contributed by atoms with Crippen molar-refractivity contribution in [2.45, 2.75) is 57.8 Å². The minimum Gasteiger partial charge on any atom is -0.310 e. The van der Waals surface area contributed by atoms with Crippen molar-refractivity contribution in [1.82, 2.24) is 0 Å². The Kier molecular flexibility index (Phi) is 18.4. The summed E-state index contributed by atoms with van der Waals surface area (Å²) >= 11 is 10.6. The van der Waals surface area contributed by atoms with Gasteiger partial charge in [0.25, 0.3) is 0 Å². The van der Waals surface area contributed by atoms with Gasteiger partial charge in [-0.15, -0.1) is 0 Å². The van der Waals surface area contributed by atoms with E-state index in [0.717, 1.165) is 52.7 Å². The molecule has 17 aromatic carbocycles. The zero-order valence-corrected chi connectivity index (χ0v) is 69.5. The predicted octanol–water partition coefficient (Wildman–Crippen LogP) is 32.5. The highest BCUT2D eigenvalue weighted by atomic mass is 79.9. The third-order valence-electron chi connectivity index (χ3n) is 23.3. The van der Waals surface area contributed by atoms with E-state index in [1.165, 1.54) is 117 Å². The number of hydrogen-bond donors (Lipinski definition) is 0. The molecule has 0 N–H and O–H groups in total. The molecular weight excluding hydrogens is 1590 g/mol. The maximum atomic E-state index is 8.67. The Morgan fingerprint density at radius 2 is 0.504 bits per heavy atom. The van der Waals surface area contributed by atoms with Gasteiger partial charge < -0.3 is 14.7 Å². The zero-order valence-electron chi connectivity index (χ0n) is 69.7. The third kappa shape index (κ3) is 14.4. The molecule has 3 aliphatic rings. The van der Waals surface area contributed by atoms with Gasteiger partial charge in [0.1, 0.15) is 0 Å². The SMILES string of the molecule is CC1(C)c2ccccc2-c2ccc(N(c3ccc(-c4ccc(Br)cc4)cc3)c3ccc4c(c3)C(C)(C)c3ccccc3-4)cc21.CC1(C)c2ccccc2-c2ccc(N(c3ccc(-c4ccc(Br)cc4)cc3)c3ccc4ccccc4c3)cc21.[2H]c1c([2H])c([2H])c(N(c2ccc(-c3ccccc3)cc2)c2cccc(-c3cccc(Br)c3)c2)c([2H])c1[2H]. The Labute approximate surface area is 708 Å². The molecule has 0 bridgehead atoms. The average molecular weight is 1680 g/mol. The van der Waals surface area contributed by atoms with Crippen molar-refractivity contribution in [1.29, 1.82) is 0 Å². The van der Waals surface area contributed by atoms with Gasteiger partial charge in [-0.3, -0.25) is 0 Å². The molecule has 20 rings (SSSR count). The molecule has 0 saturated carbocycles. The van der Waals surface area contributed by atoms with Crippen LogP contribution in [0.2, 0.25) is 0 Å². The van der Waals surface area contributed by atoms with Crippen molar-refractivity contribution in [3.8, 4) is 77.9 Å². The van der Waals surface area contributed by atoms with Crippen LogP contribution in [0.4, 0.5) is 51.2 Å². The van der Waals surface area contributed by atoms with Crippen LogP contribution in [0.1, 0.15) is 81.8 Å². The Bertz CT molecular complexity index is 6650. The quantitative estimate of drug-likeness (QED) is 0.114. The predicted molar refractivity (Wildman–Crippen MR) is 498 cm³/mol. The lowest BCUT2D eigenvalue weighted by Gasteiger charge is -2.30. The molecule has 0 fully saturated rings. The van der Waals surface area contributed by atoms with Gasteiger partial charge in [0, 0.05) is 80.8 Å². The minimum atomic E-state index is -0.416. The van der Waals surface area contributed by atoms with Crippen molar-refractivity contribution >= 4 is 110 Å². The summed E-state index contributed by atoms with van der Waals surface area (Å²) in [5, 5.41) is 2.48. The third-order valence-corrected chi connectivity index (χ3v) is 24.8. The maximum absolute atomic E-state index is 8.67. The maximum Gasteiger partial charge on any atom is 0.0645 e. The number of fused-ring (bicyclic) bond motifs is 10. The molecule has 3 nitrogen and oxygen atoms in total. The number of rotatable bonds is 13. The van der Waals surface area contributed by atoms with E-state index in [2.05, 4.69) is 366 Å². The first-order chi connectivity index (χ1) is 58.1. The van der Waals surface area contributed by atoms with Crippen LogP contribution in [0.15, 0.2) is 414 Å². The summed E-state index contributed by atoms with van der Waals surface area (Å²) in [7, 11) is 0. The van der Waals surface area contributed by atoms with E-state index in [-0.39, 0.29) is 46.1 Å². The van der Waals surface area contributed by atoms with Crippen LogP contribution in [0.25, 0.3) is 88.7 Å². The van der Waals surface area contributed by atoms with Gasteiger partial charge in [-0.05, 0) is 268 Å². The Hall–Kier alpha value is -12.2. The fourth-order valence-electron chi connectivity index (χ4n) is 17.3. The number of hydrogen-bond acceptors (Lipinski definition) is 3. The molecule has 0 saturated heterocycles. The van der Waals surface area contributed by atoms with E-state index in [1.54, 1.807) is 4.90 Å². The molecule has 0 unspecified atom stereocenters. The van der Waals surface area contributed by atoms with E-state index in [0.29, 0.717) is 11.4 Å². The van der Waals surface area contributed by atoms with Crippen LogP contribution >= 0.6 is 47.8 Å². The summed E-state index contributed by atoms with van der Waals surface area (Å²) in [4.78, 5) is 6.55. The van der Waals surface area contributed by atoms with Crippen molar-refractivity contribution in [3.05, 3.63) is 447 Å². The second-order valence-electron chi connectivity index (χ2n) is 31.3. The van der Waals surface area contributed by atoms with Gasteiger partial charge >= 0.3 is 0 Å². The molecule has 0 aromatic heterocycles. The lowest BCUT2D eigenvalue weighted by atomic mass is 9.82. The summed E-state index contributed by atoms with van der Waals surface area (Å²) < 4.78 is 45.0. The first-order valence-electron chi connectivity index (χ1n) is 41.5. The summed E-state index contributed by atoms with van der Waals surface area (Å²) in [6.45, 7) is 14.1. The van der Waals surface area contributed by atoms with Crippen molar-refractivity contribution in [2.75, 3.05) is 14.7 Å². The number of nitrogens with zero attached hydrogens (tertiary/aromatic N) is 3. The van der Waals surface area contributed by atoms with Crippen LogP contribution in [0.5, 0.6) is 0 Å². The summed E-state index contributed by atoms with van der Waals surface area (Å²) in [5.74, 6) is 0. The van der Waals surface area contributed by atoms with E-state index >= 15 is 0 Å². The molecule has 0 heterocycles. The van der Waals surface area contributed by atoms with Crippen LogP contribution in [-0.4, -0.2) is 0 Å². The molecule has 115 heavy (non-hydrogen) atoms. The number of halogens is 3. The minimum absolute atomic E-state index is 0.0531. The summed E-state index contributed by atoms with van der Waals surface area (Å²) in [5.41, 5.74) is 33.5. The fraction of sp³-hybridized carbons (Fsp3) is 0.0826. The fourth-order valence-corrected chi connectivity index (χ4v) is 18.2. The number of para-hydroxylation sites is 1. The first kappa shape index (κ1) is 68.4. The smallest absolute Gasteiger partial charge is 0.0645 e. The number of anilines is 9. The molecule has 556 valence electrons. The molecule has 0 aliphatic heterocycles. The van der Waals surface area contributed by atoms with Gasteiger partial charge in [-0.1, -0.05) is 344 Å². The highest BCUT2D eigenvalue weighted by Gasteiger charge is 2.39. The van der Waals surface area contributed by atoms with Gasteiger partial charge in [-0.2, -0.15) is 0 Å².